The number of pyridine rings is 2. The molecule has 0 saturated heterocycles. The first-order valence-electron chi connectivity index (χ1n) is 7.72. The SMILES string of the molecule is O=C1OCc2c(cc3n(c2=O)-c2cc4ccccc4nc2C3)[C@@]1(O)I. The van der Waals surface area contributed by atoms with Crippen molar-refractivity contribution < 1.29 is 14.6 Å². The molecular formula is C18H11IN2O4. The van der Waals surface area contributed by atoms with Crippen molar-refractivity contribution >= 4 is 39.5 Å². The molecule has 2 aliphatic heterocycles. The van der Waals surface area contributed by atoms with Gasteiger partial charge in [0, 0.05) is 23.1 Å². The van der Waals surface area contributed by atoms with E-state index in [1.807, 2.05) is 30.3 Å². The standard InChI is InChI=1S/C18H11IN2O4/c19-18(24)12-6-10-7-14-15(5-9-3-1-2-4-13(9)20-14)21(10)16(22)11(12)8-25-17(18)23/h1-6,24H,7-8H2/t18-/m0/s1. The maximum absolute atomic E-state index is 13.0. The summed E-state index contributed by atoms with van der Waals surface area (Å²) in [4.78, 5) is 29.6. The maximum Gasteiger partial charge on any atom is 0.353 e. The molecule has 0 spiro atoms. The van der Waals surface area contributed by atoms with E-state index >= 15 is 0 Å². The Bertz CT molecular complexity index is 1150. The van der Waals surface area contributed by atoms with Crippen LogP contribution >= 0.6 is 22.6 Å². The lowest BCUT2D eigenvalue weighted by molar-refractivity contribution is -0.159. The van der Waals surface area contributed by atoms with Crippen LogP contribution in [-0.4, -0.2) is 20.6 Å². The molecule has 5 rings (SSSR count). The zero-order chi connectivity index (χ0) is 17.3. The number of benzene rings is 1. The van der Waals surface area contributed by atoms with E-state index < -0.39 is 9.58 Å². The van der Waals surface area contributed by atoms with Crippen LogP contribution in [0.4, 0.5) is 0 Å². The Morgan fingerprint density at radius 1 is 1.24 bits per heavy atom. The molecule has 0 unspecified atom stereocenters. The second-order valence-electron chi connectivity index (χ2n) is 6.19. The zero-order valence-electron chi connectivity index (χ0n) is 12.8. The van der Waals surface area contributed by atoms with Gasteiger partial charge in [0.05, 0.1) is 22.5 Å². The van der Waals surface area contributed by atoms with Crippen LogP contribution in [0.25, 0.3) is 16.6 Å². The summed E-state index contributed by atoms with van der Waals surface area (Å²) in [6.45, 7) is -0.130. The summed E-state index contributed by atoms with van der Waals surface area (Å²) in [5.41, 5.74) is 3.49. The molecule has 2 aromatic heterocycles. The number of fused-ring (bicyclic) bond motifs is 5. The van der Waals surface area contributed by atoms with Gasteiger partial charge in [0.1, 0.15) is 6.61 Å². The molecule has 6 nitrogen and oxygen atoms in total. The molecule has 0 aliphatic carbocycles. The number of nitrogens with zero attached hydrogens (tertiary/aromatic N) is 2. The molecular weight excluding hydrogens is 435 g/mol. The van der Waals surface area contributed by atoms with Gasteiger partial charge < -0.3 is 9.84 Å². The molecule has 25 heavy (non-hydrogen) atoms. The number of carbonyl (C=O) groups is 1. The smallest absolute Gasteiger partial charge is 0.353 e. The summed E-state index contributed by atoms with van der Waals surface area (Å²) in [5, 5.41) is 11.4. The minimum Gasteiger partial charge on any atom is -0.458 e. The van der Waals surface area contributed by atoms with Crippen LogP contribution < -0.4 is 5.56 Å². The Balaban J connectivity index is 1.81. The van der Waals surface area contributed by atoms with E-state index in [0.29, 0.717) is 23.2 Å². The maximum atomic E-state index is 13.0. The quantitative estimate of drug-likeness (QED) is 0.254. The predicted octanol–water partition coefficient (Wildman–Crippen LogP) is 1.93. The number of esters is 1. The van der Waals surface area contributed by atoms with Crippen molar-refractivity contribution in [2.45, 2.75) is 16.6 Å². The molecule has 0 radical (unpaired) electrons. The van der Waals surface area contributed by atoms with Gasteiger partial charge in [0.2, 0.25) is 3.61 Å². The summed E-state index contributed by atoms with van der Waals surface area (Å²) < 4.78 is 4.76. The van der Waals surface area contributed by atoms with Crippen molar-refractivity contribution in [1.29, 1.82) is 0 Å². The van der Waals surface area contributed by atoms with E-state index in [1.165, 1.54) is 0 Å². The third-order valence-corrected chi connectivity index (χ3v) is 5.75. The number of halogens is 1. The van der Waals surface area contributed by atoms with Gasteiger partial charge in [-0.05, 0) is 40.8 Å². The molecule has 4 heterocycles. The molecule has 1 atom stereocenters. The van der Waals surface area contributed by atoms with Gasteiger partial charge in [0.25, 0.3) is 5.56 Å². The Morgan fingerprint density at radius 3 is 2.88 bits per heavy atom. The lowest BCUT2D eigenvalue weighted by Gasteiger charge is -2.28. The molecule has 0 fully saturated rings. The minimum atomic E-state index is -1.84. The van der Waals surface area contributed by atoms with Gasteiger partial charge in [-0.15, -0.1) is 0 Å². The molecule has 2 aliphatic rings. The molecule has 1 aromatic carbocycles. The summed E-state index contributed by atoms with van der Waals surface area (Å²) in [6.07, 6.45) is 0.477. The number of alkyl halides is 1. The summed E-state index contributed by atoms with van der Waals surface area (Å²) in [6, 6.07) is 11.4. The zero-order valence-corrected chi connectivity index (χ0v) is 15.0. The number of hydrogen-bond donors (Lipinski definition) is 1. The number of cyclic esters (lactones) is 1. The van der Waals surface area contributed by atoms with E-state index in [0.717, 1.165) is 22.3 Å². The third-order valence-electron chi connectivity index (χ3n) is 4.73. The van der Waals surface area contributed by atoms with E-state index in [1.54, 1.807) is 33.2 Å². The first-order valence-corrected chi connectivity index (χ1v) is 8.80. The van der Waals surface area contributed by atoms with Gasteiger partial charge in [-0.3, -0.25) is 14.3 Å². The highest BCUT2D eigenvalue weighted by atomic mass is 127. The molecule has 1 N–H and O–H groups in total. The fraction of sp³-hybridized carbons (Fsp3) is 0.167. The molecule has 7 heteroatoms. The molecule has 124 valence electrons. The normalized spacial score (nSPS) is 20.8. The van der Waals surface area contributed by atoms with Gasteiger partial charge in [-0.1, -0.05) is 18.2 Å². The van der Waals surface area contributed by atoms with Gasteiger partial charge >= 0.3 is 5.97 Å². The second-order valence-corrected chi connectivity index (χ2v) is 7.75. The monoisotopic (exact) mass is 446 g/mol. The van der Waals surface area contributed by atoms with Crippen LogP contribution in [0.5, 0.6) is 0 Å². The van der Waals surface area contributed by atoms with Gasteiger partial charge in [0.15, 0.2) is 0 Å². The van der Waals surface area contributed by atoms with E-state index in [2.05, 4.69) is 4.98 Å². The van der Waals surface area contributed by atoms with Crippen molar-refractivity contribution in [3.8, 4) is 5.69 Å². The van der Waals surface area contributed by atoms with Crippen LogP contribution in [0.1, 0.15) is 22.5 Å². The average Bonchev–Trinajstić information content (AvgIpc) is 2.94. The topological polar surface area (TPSA) is 81.4 Å². The van der Waals surface area contributed by atoms with Crippen LogP contribution in [0.3, 0.4) is 0 Å². The Morgan fingerprint density at radius 2 is 2.04 bits per heavy atom. The largest absolute Gasteiger partial charge is 0.458 e. The molecule has 0 amide bonds. The highest BCUT2D eigenvalue weighted by Crippen LogP contribution is 2.38. The number of carbonyl (C=O) groups excluding carboxylic acids is 1. The number of rotatable bonds is 0. The first kappa shape index (κ1) is 15.0. The van der Waals surface area contributed by atoms with Crippen LogP contribution in [0.2, 0.25) is 0 Å². The molecule has 0 saturated carbocycles. The van der Waals surface area contributed by atoms with Crippen molar-refractivity contribution in [3.05, 3.63) is 69.3 Å². The van der Waals surface area contributed by atoms with Crippen LogP contribution in [0, 0.1) is 0 Å². The summed E-state index contributed by atoms with van der Waals surface area (Å²) >= 11 is 1.62. The Hall–Kier alpha value is -2.26. The molecule has 3 aromatic rings. The Kier molecular flexibility index (Phi) is 2.94. The predicted molar refractivity (Wildman–Crippen MR) is 97.9 cm³/mol. The third kappa shape index (κ3) is 1.96. The van der Waals surface area contributed by atoms with E-state index in [9.17, 15) is 14.7 Å². The lowest BCUT2D eigenvalue weighted by Crippen LogP contribution is -2.40. The molecule has 0 bridgehead atoms. The van der Waals surface area contributed by atoms with Gasteiger partial charge in [-0.2, -0.15) is 0 Å². The Labute approximate surface area is 155 Å². The van der Waals surface area contributed by atoms with E-state index in [4.69, 9.17) is 4.74 Å². The van der Waals surface area contributed by atoms with Crippen molar-refractivity contribution in [2.24, 2.45) is 0 Å². The number of hydrogen-bond acceptors (Lipinski definition) is 5. The van der Waals surface area contributed by atoms with Crippen molar-refractivity contribution in [3.63, 3.8) is 0 Å². The fourth-order valence-electron chi connectivity index (χ4n) is 3.51. The van der Waals surface area contributed by atoms with Crippen molar-refractivity contribution in [2.75, 3.05) is 0 Å². The number of para-hydroxylation sites is 1. The van der Waals surface area contributed by atoms with Crippen molar-refractivity contribution in [1.82, 2.24) is 9.55 Å². The number of aliphatic hydroxyl groups is 1. The second kappa shape index (κ2) is 4.89. The van der Waals surface area contributed by atoms with Gasteiger partial charge in [-0.25, -0.2) is 4.79 Å². The van der Waals surface area contributed by atoms with Crippen LogP contribution in [0.15, 0.2) is 41.2 Å². The summed E-state index contributed by atoms with van der Waals surface area (Å²) in [7, 11) is 0. The fourth-order valence-corrected chi connectivity index (χ4v) is 4.15. The average molecular weight is 446 g/mol. The highest BCUT2D eigenvalue weighted by Gasteiger charge is 2.44. The van der Waals surface area contributed by atoms with Crippen LogP contribution in [-0.2, 0) is 26.2 Å². The first-order chi connectivity index (χ1) is 12.0. The lowest BCUT2D eigenvalue weighted by atomic mass is 10.0. The number of aromatic nitrogens is 2. The van der Waals surface area contributed by atoms with E-state index in [-0.39, 0.29) is 12.2 Å². The summed E-state index contributed by atoms with van der Waals surface area (Å²) in [5.74, 6) is -0.746. The highest BCUT2D eigenvalue weighted by molar-refractivity contribution is 14.1. The number of ether oxygens (including phenoxy) is 1. The minimum absolute atomic E-state index is 0.130.